The van der Waals surface area contributed by atoms with Gasteiger partial charge in [-0.2, -0.15) is 0 Å². The van der Waals surface area contributed by atoms with E-state index in [0.717, 1.165) is 111 Å². The summed E-state index contributed by atoms with van der Waals surface area (Å²) in [6, 6.07) is 9.53. The van der Waals surface area contributed by atoms with Gasteiger partial charge in [0.25, 0.3) is 0 Å². The van der Waals surface area contributed by atoms with E-state index in [1.54, 1.807) is 0 Å². The van der Waals surface area contributed by atoms with E-state index in [0.29, 0.717) is 23.6 Å². The summed E-state index contributed by atoms with van der Waals surface area (Å²) < 4.78 is 12.2. The highest BCUT2D eigenvalue weighted by Crippen LogP contribution is 2.47. The molecule has 51 heavy (non-hydrogen) atoms. The number of H-pyrrole nitrogens is 1. The highest BCUT2D eigenvalue weighted by Gasteiger charge is 2.37. The number of ether oxygens (including phenoxy) is 2. The van der Waals surface area contributed by atoms with Crippen LogP contribution < -0.4 is 14.8 Å². The second kappa shape index (κ2) is 17.5. The number of carbonyl (C=O) groups excluding carboxylic acids is 2. The maximum absolute atomic E-state index is 13.7. The molecule has 0 unspecified atom stereocenters. The number of phenols is 1. The molecule has 8 nitrogen and oxygen atoms in total. The Morgan fingerprint density at radius 1 is 1.08 bits per heavy atom. The van der Waals surface area contributed by atoms with Crippen LogP contribution in [0, 0.1) is 11.3 Å². The Morgan fingerprint density at radius 2 is 1.86 bits per heavy atom. The fourth-order valence-corrected chi connectivity index (χ4v) is 8.14. The van der Waals surface area contributed by atoms with Crippen LogP contribution >= 0.6 is 0 Å². The normalized spacial score (nSPS) is 18.7. The minimum absolute atomic E-state index is 0.133. The number of hydrogen-bond donors (Lipinski definition) is 3. The van der Waals surface area contributed by atoms with E-state index in [-0.39, 0.29) is 30.0 Å². The monoisotopic (exact) mass is 697 g/mol. The largest absolute Gasteiger partial charge is 0.507 e. The molecule has 0 saturated heterocycles. The van der Waals surface area contributed by atoms with Crippen molar-refractivity contribution in [2.24, 2.45) is 11.3 Å². The molecule has 1 saturated carbocycles. The van der Waals surface area contributed by atoms with Gasteiger partial charge in [0.1, 0.15) is 17.2 Å². The van der Waals surface area contributed by atoms with Crippen molar-refractivity contribution < 1.29 is 24.2 Å². The number of amides is 1. The smallest absolute Gasteiger partial charge is 0.412 e. The lowest BCUT2D eigenvalue weighted by atomic mass is 9.71. The van der Waals surface area contributed by atoms with Gasteiger partial charge in [0.05, 0.1) is 6.42 Å². The van der Waals surface area contributed by atoms with Crippen molar-refractivity contribution in [3.8, 4) is 17.2 Å². The lowest BCUT2D eigenvalue weighted by Crippen LogP contribution is -2.42. The van der Waals surface area contributed by atoms with E-state index in [1.165, 1.54) is 5.57 Å². The molecule has 276 valence electrons. The summed E-state index contributed by atoms with van der Waals surface area (Å²) >= 11 is 0. The number of nitrogens with one attached hydrogen (secondary N) is 2. The average Bonchev–Trinajstić information content (AvgIpc) is 3.51. The first-order chi connectivity index (χ1) is 24.5. The molecule has 2 aliphatic carbocycles. The fourth-order valence-electron chi connectivity index (χ4n) is 8.14. The predicted molar refractivity (Wildman–Crippen MR) is 206 cm³/mol. The second-order valence-corrected chi connectivity index (χ2v) is 15.5. The number of nitrogens with zero attached hydrogens (tertiary/aromatic N) is 1. The van der Waals surface area contributed by atoms with E-state index in [9.17, 15) is 14.7 Å². The third-order valence-electron chi connectivity index (χ3n) is 11.0. The number of rotatable bonds is 15. The van der Waals surface area contributed by atoms with Gasteiger partial charge < -0.3 is 29.8 Å². The zero-order chi connectivity index (χ0) is 36.5. The van der Waals surface area contributed by atoms with E-state index in [4.69, 9.17) is 9.47 Å². The molecule has 8 heteroatoms. The van der Waals surface area contributed by atoms with Crippen LogP contribution in [0.15, 0.2) is 60.3 Å². The first-order valence-corrected chi connectivity index (χ1v) is 19.1. The molecule has 1 amide bonds. The van der Waals surface area contributed by atoms with Gasteiger partial charge in [-0.05, 0) is 120 Å². The van der Waals surface area contributed by atoms with Gasteiger partial charge >= 0.3 is 12.1 Å². The summed E-state index contributed by atoms with van der Waals surface area (Å²) in [5.41, 5.74) is 5.51. The lowest BCUT2D eigenvalue weighted by molar-refractivity contribution is -0.137. The molecule has 1 aromatic heterocycles. The first-order valence-electron chi connectivity index (χ1n) is 19.1. The molecule has 3 aromatic rings. The quantitative estimate of drug-likeness (QED) is 0.0632. The first kappa shape index (κ1) is 38.2. The Bertz CT molecular complexity index is 1710. The average molecular weight is 698 g/mol. The number of hydrogen-bond acceptors (Lipinski definition) is 6. The van der Waals surface area contributed by atoms with Crippen LogP contribution in [0.4, 0.5) is 4.79 Å². The number of carbonyl (C=O) groups is 2. The van der Waals surface area contributed by atoms with Crippen molar-refractivity contribution in [1.82, 2.24) is 15.2 Å². The lowest BCUT2D eigenvalue weighted by Gasteiger charge is -2.36. The van der Waals surface area contributed by atoms with Gasteiger partial charge in [-0.1, -0.05) is 68.9 Å². The Hall–Kier alpha value is -4.04. The molecule has 0 bridgehead atoms. The molecule has 0 aliphatic heterocycles. The fraction of sp³-hybridized carbons (Fsp3) is 0.535. The molecule has 2 aromatic carbocycles. The van der Waals surface area contributed by atoms with Crippen LogP contribution in [0.2, 0.25) is 0 Å². The van der Waals surface area contributed by atoms with Crippen LogP contribution in [-0.2, 0) is 17.6 Å². The van der Waals surface area contributed by atoms with Gasteiger partial charge in [-0.25, -0.2) is 4.79 Å². The van der Waals surface area contributed by atoms with Crippen LogP contribution in [0.5, 0.6) is 17.2 Å². The van der Waals surface area contributed by atoms with Gasteiger partial charge in [-0.3, -0.25) is 4.79 Å². The predicted octanol–water partition coefficient (Wildman–Crippen LogP) is 9.76. The van der Waals surface area contributed by atoms with Gasteiger partial charge in [0.2, 0.25) is 0 Å². The zero-order valence-corrected chi connectivity index (χ0v) is 31.5. The molecule has 1 heterocycles. The number of aromatic amines is 1. The summed E-state index contributed by atoms with van der Waals surface area (Å²) in [6.07, 6.45) is 15.2. The van der Waals surface area contributed by atoms with Crippen molar-refractivity contribution in [2.75, 3.05) is 27.2 Å². The molecular weight excluding hydrogens is 638 g/mol. The van der Waals surface area contributed by atoms with Crippen molar-refractivity contribution >= 4 is 23.0 Å². The number of esters is 1. The highest BCUT2D eigenvalue weighted by atomic mass is 16.6. The van der Waals surface area contributed by atoms with Crippen LogP contribution in [0.25, 0.3) is 10.9 Å². The number of aromatic hydroxyl groups is 1. The molecular formula is C43H59N3O5. The Labute approximate surface area is 304 Å². The molecule has 0 spiro atoms. The maximum Gasteiger partial charge on any atom is 0.412 e. The number of benzene rings is 2. The summed E-state index contributed by atoms with van der Waals surface area (Å²) in [7, 11) is 4.09. The van der Waals surface area contributed by atoms with Gasteiger partial charge in [0, 0.05) is 41.7 Å². The number of phenolic OH excluding ortho intramolecular Hbond substituents is 1. The standard InChI is InChI=1S/C43H59N3O5/c1-7-8-10-14-31-24-36(47)41(34-23-30(4)17-18-33(34)29(2)3)38(25-31)51-42(49)45-28-43(20-11-9-12-21-43)26-39(48)50-37-16-13-15-35-40(37)32(27-44-35)19-22-46(5)6/h13,15-16,23-25,27,33-34,44,47H,2,7-12,14,17-22,26,28H2,1,3-6H3,(H,45,49)/t33-,34+/m0/s1. The van der Waals surface area contributed by atoms with Gasteiger partial charge in [0.15, 0.2) is 0 Å². The maximum atomic E-state index is 13.7. The Kier molecular flexibility index (Phi) is 13.1. The molecule has 2 atom stereocenters. The number of aromatic nitrogens is 1. The summed E-state index contributed by atoms with van der Waals surface area (Å²) in [5.74, 6) is 0.809. The van der Waals surface area contributed by atoms with Crippen molar-refractivity contribution in [1.29, 1.82) is 0 Å². The highest BCUT2D eigenvalue weighted by molar-refractivity contribution is 5.91. The SMILES string of the molecule is C=C(C)[C@@H]1CCC(C)=C[C@H]1c1c(O)cc(CCCCC)cc1OC(=O)NCC1(CC(=O)Oc2cccc3[nH]cc(CCN(C)C)c23)CCCCC1. The minimum atomic E-state index is -0.578. The van der Waals surface area contributed by atoms with Crippen molar-refractivity contribution in [3.63, 3.8) is 0 Å². The Balaban J connectivity index is 1.33. The number of aryl methyl sites for hydroxylation is 1. The molecule has 2 aliphatic rings. The van der Waals surface area contributed by atoms with Crippen molar-refractivity contribution in [2.45, 2.75) is 110 Å². The van der Waals surface area contributed by atoms with Crippen LogP contribution in [0.1, 0.15) is 114 Å². The van der Waals surface area contributed by atoms with Crippen molar-refractivity contribution in [3.05, 3.63) is 77.0 Å². The number of unbranched alkanes of at least 4 members (excludes halogenated alkanes) is 2. The third-order valence-corrected chi connectivity index (χ3v) is 11.0. The molecule has 5 rings (SSSR count). The van der Waals surface area contributed by atoms with E-state index >= 15 is 0 Å². The van der Waals surface area contributed by atoms with E-state index < -0.39 is 11.5 Å². The van der Waals surface area contributed by atoms with Crippen LogP contribution in [-0.4, -0.2) is 54.2 Å². The third kappa shape index (κ3) is 9.85. The summed E-state index contributed by atoms with van der Waals surface area (Å²) in [5, 5.41) is 15.5. The number of allylic oxidation sites excluding steroid dienone is 3. The summed E-state index contributed by atoms with van der Waals surface area (Å²) in [4.78, 5) is 32.8. The zero-order valence-electron chi connectivity index (χ0n) is 31.5. The van der Waals surface area contributed by atoms with Gasteiger partial charge in [-0.15, -0.1) is 0 Å². The van der Waals surface area contributed by atoms with E-state index in [1.807, 2.05) is 57.5 Å². The topological polar surface area (TPSA) is 104 Å². The summed E-state index contributed by atoms with van der Waals surface area (Å²) in [6.45, 7) is 11.8. The molecule has 1 fully saturated rings. The number of fused-ring (bicyclic) bond motifs is 1. The molecule has 0 radical (unpaired) electrons. The molecule has 3 N–H and O–H groups in total. The number of likely N-dealkylation sites (N-methyl/N-ethyl adjacent to an activating group) is 1. The Morgan fingerprint density at radius 3 is 2.59 bits per heavy atom. The van der Waals surface area contributed by atoms with E-state index in [2.05, 4.69) is 41.7 Å². The minimum Gasteiger partial charge on any atom is -0.507 e. The van der Waals surface area contributed by atoms with Crippen LogP contribution in [0.3, 0.4) is 0 Å². The second-order valence-electron chi connectivity index (χ2n) is 15.5.